The maximum atomic E-state index is 12.4. The van der Waals surface area contributed by atoms with Crippen LogP contribution in [0.15, 0.2) is 89.1 Å². The first-order valence-electron chi connectivity index (χ1n) is 10.9. The van der Waals surface area contributed by atoms with Crippen LogP contribution in [0.2, 0.25) is 0 Å². The van der Waals surface area contributed by atoms with Crippen molar-refractivity contribution in [3.8, 4) is 22.8 Å². The molecule has 1 N–H and O–H groups in total. The van der Waals surface area contributed by atoms with Gasteiger partial charge in [0.25, 0.3) is 5.91 Å². The van der Waals surface area contributed by atoms with Gasteiger partial charge in [0, 0.05) is 11.3 Å². The summed E-state index contributed by atoms with van der Waals surface area (Å²) in [5, 5.41) is 13.4. The van der Waals surface area contributed by atoms with Crippen LogP contribution in [0, 0.1) is 6.92 Å². The number of benzene rings is 3. The maximum absolute atomic E-state index is 12.4. The molecule has 3 aromatic carbocycles. The van der Waals surface area contributed by atoms with Gasteiger partial charge in [-0.2, -0.15) is 5.10 Å². The van der Waals surface area contributed by atoms with Crippen molar-refractivity contribution < 1.29 is 9.53 Å². The normalized spacial score (nSPS) is 11.0. The molecule has 8 heteroatoms. The summed E-state index contributed by atoms with van der Waals surface area (Å²) in [6.07, 6.45) is 1.60. The minimum absolute atomic E-state index is 0.152. The van der Waals surface area contributed by atoms with Crippen molar-refractivity contribution in [2.45, 2.75) is 19.0 Å². The summed E-state index contributed by atoms with van der Waals surface area (Å²) in [7, 11) is 0. The first kappa shape index (κ1) is 23.3. The van der Waals surface area contributed by atoms with Gasteiger partial charge in [-0.05, 0) is 55.8 Å². The average Bonchev–Trinajstić information content (AvgIpc) is 3.29. The Hall–Kier alpha value is -3.91. The van der Waals surface area contributed by atoms with Gasteiger partial charge < -0.3 is 4.74 Å². The standard InChI is InChI=1S/C26H25N5O2S/c1-3-33-23-15-11-20(12-16-23)17-27-28-24(32)18-34-26-30-29-25(21-7-5-4-6-8-21)31(26)22-13-9-19(2)10-14-22/h4-17H,3,18H2,1-2H3,(H,28,32)/b27-17-. The molecule has 34 heavy (non-hydrogen) atoms. The van der Waals surface area contributed by atoms with Crippen molar-refractivity contribution in [1.82, 2.24) is 20.2 Å². The lowest BCUT2D eigenvalue weighted by Crippen LogP contribution is -2.20. The van der Waals surface area contributed by atoms with Crippen LogP contribution in [0.5, 0.6) is 5.75 Å². The molecule has 0 bridgehead atoms. The van der Waals surface area contributed by atoms with E-state index >= 15 is 0 Å². The van der Waals surface area contributed by atoms with E-state index in [1.165, 1.54) is 11.8 Å². The van der Waals surface area contributed by atoms with Gasteiger partial charge in [-0.1, -0.05) is 59.8 Å². The number of hydrogen-bond donors (Lipinski definition) is 1. The highest BCUT2D eigenvalue weighted by Crippen LogP contribution is 2.28. The van der Waals surface area contributed by atoms with Crippen LogP contribution in [0.1, 0.15) is 18.1 Å². The fraction of sp³-hybridized carbons (Fsp3) is 0.154. The van der Waals surface area contributed by atoms with E-state index in [1.54, 1.807) is 6.21 Å². The Morgan fingerprint density at radius 1 is 1.03 bits per heavy atom. The van der Waals surface area contributed by atoms with E-state index in [2.05, 4.69) is 20.7 Å². The van der Waals surface area contributed by atoms with Gasteiger partial charge in [0.2, 0.25) is 0 Å². The Morgan fingerprint density at radius 2 is 1.76 bits per heavy atom. The highest BCUT2D eigenvalue weighted by Gasteiger charge is 2.17. The number of rotatable bonds is 9. The van der Waals surface area contributed by atoms with Crippen molar-refractivity contribution in [2.24, 2.45) is 5.10 Å². The van der Waals surface area contributed by atoms with E-state index in [0.717, 1.165) is 34.0 Å². The maximum Gasteiger partial charge on any atom is 0.250 e. The molecule has 0 saturated heterocycles. The highest BCUT2D eigenvalue weighted by molar-refractivity contribution is 7.99. The second-order valence-electron chi connectivity index (χ2n) is 7.43. The lowest BCUT2D eigenvalue weighted by Gasteiger charge is -2.10. The molecule has 0 spiro atoms. The lowest BCUT2D eigenvalue weighted by atomic mass is 10.2. The van der Waals surface area contributed by atoms with E-state index in [-0.39, 0.29) is 11.7 Å². The number of hydrogen-bond acceptors (Lipinski definition) is 6. The summed E-state index contributed by atoms with van der Waals surface area (Å²) in [5.74, 6) is 1.44. The average molecular weight is 472 g/mol. The third-order valence-corrected chi connectivity index (χ3v) is 5.81. The van der Waals surface area contributed by atoms with Crippen molar-refractivity contribution in [3.63, 3.8) is 0 Å². The number of aryl methyl sites for hydroxylation is 1. The summed E-state index contributed by atoms with van der Waals surface area (Å²) in [6.45, 7) is 4.60. The molecule has 172 valence electrons. The van der Waals surface area contributed by atoms with Crippen molar-refractivity contribution in [2.75, 3.05) is 12.4 Å². The summed E-state index contributed by atoms with van der Waals surface area (Å²) >= 11 is 1.31. The Balaban J connectivity index is 1.44. The molecule has 1 aromatic heterocycles. The van der Waals surface area contributed by atoms with Crippen LogP contribution in [0.25, 0.3) is 17.1 Å². The zero-order valence-electron chi connectivity index (χ0n) is 19.0. The number of ether oxygens (including phenoxy) is 1. The first-order valence-corrected chi connectivity index (χ1v) is 11.9. The number of amides is 1. The number of hydrazone groups is 1. The highest BCUT2D eigenvalue weighted by atomic mass is 32.2. The number of thioether (sulfide) groups is 1. The molecule has 0 atom stereocenters. The Kier molecular flexibility index (Phi) is 7.72. The molecule has 0 saturated carbocycles. The Labute approximate surface area is 202 Å². The second-order valence-corrected chi connectivity index (χ2v) is 8.37. The molecule has 0 aliphatic carbocycles. The molecule has 0 aliphatic heterocycles. The monoisotopic (exact) mass is 471 g/mol. The van der Waals surface area contributed by atoms with Crippen molar-refractivity contribution in [3.05, 3.63) is 90.0 Å². The topological polar surface area (TPSA) is 81.4 Å². The van der Waals surface area contributed by atoms with E-state index in [0.29, 0.717) is 11.8 Å². The third-order valence-electron chi connectivity index (χ3n) is 4.88. The van der Waals surface area contributed by atoms with Crippen LogP contribution >= 0.6 is 11.8 Å². The zero-order chi connectivity index (χ0) is 23.8. The summed E-state index contributed by atoms with van der Waals surface area (Å²) in [5.41, 5.74) is 6.48. The van der Waals surface area contributed by atoms with Crippen molar-refractivity contribution >= 4 is 23.9 Å². The number of nitrogens with zero attached hydrogens (tertiary/aromatic N) is 4. The van der Waals surface area contributed by atoms with Gasteiger partial charge in [0.1, 0.15) is 5.75 Å². The first-order chi connectivity index (χ1) is 16.6. The minimum atomic E-state index is -0.230. The molecular formula is C26H25N5O2S. The molecule has 0 aliphatic rings. The fourth-order valence-corrected chi connectivity index (χ4v) is 3.97. The predicted octanol–water partition coefficient (Wildman–Crippen LogP) is 4.88. The Morgan fingerprint density at radius 3 is 2.47 bits per heavy atom. The molecule has 0 unspecified atom stereocenters. The minimum Gasteiger partial charge on any atom is -0.494 e. The SMILES string of the molecule is CCOc1ccc(/C=N\NC(=O)CSc2nnc(-c3ccccc3)n2-c2ccc(C)cc2)cc1. The lowest BCUT2D eigenvalue weighted by molar-refractivity contribution is -0.118. The molecular weight excluding hydrogens is 446 g/mol. The van der Waals surface area contributed by atoms with Gasteiger partial charge in [-0.15, -0.1) is 10.2 Å². The largest absolute Gasteiger partial charge is 0.494 e. The third kappa shape index (κ3) is 5.90. The number of aromatic nitrogens is 3. The molecule has 0 fully saturated rings. The molecule has 7 nitrogen and oxygen atoms in total. The van der Waals surface area contributed by atoms with Gasteiger partial charge in [0.05, 0.1) is 18.6 Å². The molecule has 1 amide bonds. The smallest absolute Gasteiger partial charge is 0.250 e. The Bertz CT molecular complexity index is 1250. The fourth-order valence-electron chi connectivity index (χ4n) is 3.22. The van der Waals surface area contributed by atoms with Gasteiger partial charge in [-0.3, -0.25) is 9.36 Å². The second kappa shape index (κ2) is 11.3. The molecule has 4 aromatic rings. The number of carbonyl (C=O) groups excluding carboxylic acids is 1. The predicted molar refractivity (Wildman–Crippen MR) is 136 cm³/mol. The van der Waals surface area contributed by atoms with Crippen LogP contribution < -0.4 is 10.2 Å². The van der Waals surface area contributed by atoms with E-state index in [4.69, 9.17) is 4.74 Å². The summed E-state index contributed by atoms with van der Waals surface area (Å²) < 4.78 is 7.39. The van der Waals surface area contributed by atoms with Crippen molar-refractivity contribution in [1.29, 1.82) is 0 Å². The number of carbonyl (C=O) groups is 1. The van der Waals surface area contributed by atoms with Crippen LogP contribution in [0.3, 0.4) is 0 Å². The summed E-state index contributed by atoms with van der Waals surface area (Å²) in [4.78, 5) is 12.4. The summed E-state index contributed by atoms with van der Waals surface area (Å²) in [6, 6.07) is 25.5. The van der Waals surface area contributed by atoms with Crippen LogP contribution in [-0.2, 0) is 4.79 Å². The quantitative estimate of drug-likeness (QED) is 0.214. The van der Waals surface area contributed by atoms with Gasteiger partial charge >= 0.3 is 0 Å². The van der Waals surface area contributed by atoms with E-state index in [1.807, 2.05) is 97.3 Å². The molecule has 4 rings (SSSR count). The van der Waals surface area contributed by atoms with E-state index in [9.17, 15) is 4.79 Å². The van der Waals surface area contributed by atoms with Gasteiger partial charge in [0.15, 0.2) is 11.0 Å². The van der Waals surface area contributed by atoms with Crippen LogP contribution in [-0.4, -0.2) is 39.2 Å². The van der Waals surface area contributed by atoms with Crippen LogP contribution in [0.4, 0.5) is 0 Å². The van der Waals surface area contributed by atoms with Gasteiger partial charge in [-0.25, -0.2) is 5.43 Å². The number of nitrogens with one attached hydrogen (secondary N) is 1. The van der Waals surface area contributed by atoms with E-state index < -0.39 is 0 Å². The molecule has 0 radical (unpaired) electrons. The molecule has 1 heterocycles. The zero-order valence-corrected chi connectivity index (χ0v) is 19.8.